The van der Waals surface area contributed by atoms with Gasteiger partial charge >= 0.3 is 0 Å². The number of nitrogens with one attached hydrogen (secondary N) is 1. The third kappa shape index (κ3) is 10.4. The fourth-order valence-corrected chi connectivity index (χ4v) is 2.36. The van der Waals surface area contributed by atoms with Crippen molar-refractivity contribution in [3.8, 4) is 0 Å². The Morgan fingerprint density at radius 2 is 1.59 bits per heavy atom. The van der Waals surface area contributed by atoms with Crippen LogP contribution < -0.4 is 0 Å². The van der Waals surface area contributed by atoms with E-state index in [1.165, 1.54) is 32.5 Å². The summed E-state index contributed by atoms with van der Waals surface area (Å²) in [5, 5.41) is 0. The van der Waals surface area contributed by atoms with Crippen LogP contribution in [0.5, 0.6) is 0 Å². The van der Waals surface area contributed by atoms with Gasteiger partial charge in [0.05, 0.1) is 0 Å². The maximum absolute atomic E-state index is 11.2. The Bertz CT molecular complexity index is 284. The first-order chi connectivity index (χ1) is 7.34. The smallest absolute Gasteiger partial charge is 0.134 e. The van der Waals surface area contributed by atoms with E-state index in [1.54, 1.807) is 0 Å². The Morgan fingerprint density at radius 1 is 1.06 bits per heavy atom. The molecule has 0 bridgehead atoms. The normalized spacial score (nSPS) is 13.4. The molecule has 17 heavy (non-hydrogen) atoms. The fraction of sp³-hybridized carbons (Fsp3) is 0.727. The van der Waals surface area contributed by atoms with Crippen molar-refractivity contribution in [2.24, 2.45) is 5.92 Å². The van der Waals surface area contributed by atoms with Crippen LogP contribution in [-0.2, 0) is 14.4 Å². The van der Waals surface area contributed by atoms with E-state index in [0.29, 0.717) is 11.5 Å². The Morgan fingerprint density at radius 3 is 1.94 bits per heavy atom. The van der Waals surface area contributed by atoms with Gasteiger partial charge in [-0.25, -0.2) is 0 Å². The van der Waals surface area contributed by atoms with Gasteiger partial charge in [0.1, 0.15) is 17.3 Å². The van der Waals surface area contributed by atoms with Gasteiger partial charge in [0.25, 0.3) is 0 Å². The topological polar surface area (TPSA) is 75.0 Å². The summed E-state index contributed by atoms with van der Waals surface area (Å²) in [7, 11) is 0. The molecule has 0 aliphatic heterocycles. The Hall–Kier alpha value is 0.762. The van der Waals surface area contributed by atoms with Crippen molar-refractivity contribution in [3.63, 3.8) is 0 Å². The maximum atomic E-state index is 11.2. The molecule has 95 valence electrons. The predicted octanol–water partition coefficient (Wildman–Crippen LogP) is 1.91. The molecule has 0 fully saturated rings. The van der Waals surface area contributed by atoms with Gasteiger partial charge in [-0.3, -0.25) is 4.79 Å². The molecule has 1 radical (unpaired) electrons. The van der Waals surface area contributed by atoms with Crippen LogP contribution in [0.2, 0.25) is 0 Å². The third-order valence-corrected chi connectivity index (χ3v) is 3.41. The number of rotatable bonds is 8. The summed E-state index contributed by atoms with van der Waals surface area (Å²) in [5.74, 6) is 0.441. The number of thioether (sulfide) groups is 1. The second-order valence-electron chi connectivity index (χ2n) is 3.91. The van der Waals surface area contributed by atoms with Crippen molar-refractivity contribution in [3.05, 3.63) is 5.73 Å². The van der Waals surface area contributed by atoms with Crippen LogP contribution >= 0.6 is 11.8 Å². The van der Waals surface area contributed by atoms with Gasteiger partial charge in [-0.1, -0.05) is 6.04 Å². The molecule has 0 aliphatic rings. The summed E-state index contributed by atoms with van der Waals surface area (Å²) < 4.78 is 0. The van der Waals surface area contributed by atoms with Crippen LogP contribution in [-0.4, -0.2) is 34.9 Å². The molecular formula is C11H18AcNO3S-. The fourth-order valence-electron chi connectivity index (χ4n) is 1.11. The molecule has 0 aromatic heterocycles. The van der Waals surface area contributed by atoms with Crippen LogP contribution in [0.3, 0.4) is 0 Å². The molecule has 4 nitrogen and oxygen atoms in total. The molecule has 0 saturated carbocycles. The summed E-state index contributed by atoms with van der Waals surface area (Å²) in [6.45, 7) is 4.32. The number of hydrogen-bond donors (Lipinski definition) is 0. The zero-order valence-corrected chi connectivity index (χ0v) is 16.0. The van der Waals surface area contributed by atoms with E-state index in [-0.39, 0.29) is 73.8 Å². The standard InChI is InChI=1S/C11H18NO3S.Ac/c1-7(13)4-10(8(2)14)5-16-6-11(12)9(3)15;/h10-12H,4-6H2,1-3H3;/q-1;. The van der Waals surface area contributed by atoms with Crippen LogP contribution in [0.4, 0.5) is 0 Å². The van der Waals surface area contributed by atoms with Crippen molar-refractivity contribution in [1.29, 1.82) is 0 Å². The Kier molecular flexibility index (Phi) is 12.6. The van der Waals surface area contributed by atoms with Gasteiger partial charge in [-0.05, 0) is 26.5 Å². The van der Waals surface area contributed by atoms with E-state index >= 15 is 0 Å². The molecule has 0 saturated heterocycles. The minimum Gasteiger partial charge on any atom is -0.668 e. The average molecular weight is 471 g/mol. The Labute approximate surface area is 142 Å². The minimum atomic E-state index is -0.727. The van der Waals surface area contributed by atoms with Gasteiger partial charge in [-0.2, -0.15) is 11.8 Å². The van der Waals surface area contributed by atoms with Gasteiger partial charge in [-0.15, -0.1) is 0 Å². The molecule has 0 aromatic carbocycles. The van der Waals surface area contributed by atoms with Gasteiger partial charge in [0.2, 0.25) is 0 Å². The van der Waals surface area contributed by atoms with Crippen LogP contribution in [0, 0.1) is 50.0 Å². The zero-order valence-electron chi connectivity index (χ0n) is 10.5. The summed E-state index contributed by atoms with van der Waals surface area (Å²) >= 11 is 1.39. The molecule has 0 spiro atoms. The van der Waals surface area contributed by atoms with E-state index in [1.807, 2.05) is 0 Å². The van der Waals surface area contributed by atoms with Crippen LogP contribution in [0.25, 0.3) is 5.73 Å². The second kappa shape index (κ2) is 10.7. The molecule has 1 N–H and O–H groups in total. The molecule has 2 atom stereocenters. The van der Waals surface area contributed by atoms with Crippen molar-refractivity contribution < 1.29 is 58.4 Å². The van der Waals surface area contributed by atoms with Crippen LogP contribution in [0.1, 0.15) is 27.2 Å². The molecule has 2 unspecified atom stereocenters. The van der Waals surface area contributed by atoms with Crippen molar-refractivity contribution in [2.75, 3.05) is 11.5 Å². The quantitative estimate of drug-likeness (QED) is 0.542. The number of carbonyl (C=O) groups is 3. The number of ketones is 3. The first-order valence-electron chi connectivity index (χ1n) is 5.13. The zero-order chi connectivity index (χ0) is 12.7. The SMILES string of the molecule is CC(=O)CC(CSCC([NH-])C(C)=O)C(C)=O.[Ac]. The van der Waals surface area contributed by atoms with Gasteiger partial charge < -0.3 is 15.3 Å². The molecule has 0 aromatic rings. The summed E-state index contributed by atoms with van der Waals surface area (Å²) in [6.07, 6.45) is 0.255. The molecular weight excluding hydrogens is 453 g/mol. The van der Waals surface area contributed by atoms with E-state index in [4.69, 9.17) is 5.73 Å². The van der Waals surface area contributed by atoms with E-state index in [2.05, 4.69) is 0 Å². The molecule has 6 heteroatoms. The van der Waals surface area contributed by atoms with Gasteiger partial charge in [0.15, 0.2) is 0 Å². The number of carbonyl (C=O) groups excluding carboxylic acids is 3. The molecule has 0 heterocycles. The summed E-state index contributed by atoms with van der Waals surface area (Å²) in [4.78, 5) is 32.9. The van der Waals surface area contributed by atoms with Crippen molar-refractivity contribution in [2.45, 2.75) is 33.2 Å². The van der Waals surface area contributed by atoms with Crippen molar-refractivity contribution >= 4 is 29.1 Å². The monoisotopic (exact) mass is 471 g/mol. The molecule has 0 amide bonds. The Balaban J connectivity index is 0. The largest absolute Gasteiger partial charge is 0.668 e. The predicted molar refractivity (Wildman–Crippen MR) is 65.6 cm³/mol. The summed E-state index contributed by atoms with van der Waals surface area (Å²) in [5.41, 5.74) is 7.40. The van der Waals surface area contributed by atoms with E-state index in [9.17, 15) is 14.4 Å². The van der Waals surface area contributed by atoms with Crippen molar-refractivity contribution in [1.82, 2.24) is 0 Å². The first kappa shape index (κ1) is 20.1. The molecule has 0 rings (SSSR count). The minimum absolute atomic E-state index is 0. The van der Waals surface area contributed by atoms with Crippen LogP contribution in [0.15, 0.2) is 0 Å². The molecule has 0 aliphatic carbocycles. The maximum Gasteiger partial charge on any atom is 0.134 e. The van der Waals surface area contributed by atoms with E-state index < -0.39 is 6.04 Å². The number of Topliss-reactive ketones (excluding diaryl/α,β-unsaturated/α-hetero) is 3. The summed E-state index contributed by atoms with van der Waals surface area (Å²) in [6, 6.07) is -0.727. The average Bonchev–Trinajstić information content (AvgIpc) is 2.14. The van der Waals surface area contributed by atoms with E-state index in [0.717, 1.165) is 0 Å². The first-order valence-corrected chi connectivity index (χ1v) is 6.29. The third-order valence-electron chi connectivity index (χ3n) is 2.20. The second-order valence-corrected chi connectivity index (χ2v) is 4.99. The number of hydrogen-bond acceptors (Lipinski definition) is 4. The van der Waals surface area contributed by atoms with Gasteiger partial charge in [0, 0.05) is 62.2 Å².